The molecule has 3 rings (SSSR count). The van der Waals surface area contributed by atoms with E-state index in [9.17, 15) is 4.79 Å². The van der Waals surface area contributed by atoms with Gasteiger partial charge in [0.25, 0.3) is 0 Å². The summed E-state index contributed by atoms with van der Waals surface area (Å²) in [4.78, 5) is 11.1. The van der Waals surface area contributed by atoms with Crippen molar-refractivity contribution in [3.63, 3.8) is 0 Å². The first-order valence-corrected chi connectivity index (χ1v) is 8.20. The van der Waals surface area contributed by atoms with E-state index in [0.717, 1.165) is 16.5 Å². The highest BCUT2D eigenvalue weighted by Gasteiger charge is 2.12. The summed E-state index contributed by atoms with van der Waals surface area (Å²) >= 11 is 12.4. The molecule has 0 fully saturated rings. The standard InChI is InChI=1S/C18H16Cl2N2O2/c1-10(18(21)23)22-9-11-5-13-8-16(24-17(13)15(20)6-11)12-3-2-4-14(19)7-12/h2-8,10,22H,9H2,1H3,(H2,21,23). The molecule has 0 radical (unpaired) electrons. The topological polar surface area (TPSA) is 68.3 Å². The van der Waals surface area contributed by atoms with E-state index >= 15 is 0 Å². The number of rotatable bonds is 5. The van der Waals surface area contributed by atoms with Gasteiger partial charge in [-0.3, -0.25) is 4.79 Å². The zero-order valence-corrected chi connectivity index (χ0v) is 14.5. The molecule has 24 heavy (non-hydrogen) atoms. The van der Waals surface area contributed by atoms with Crippen molar-refractivity contribution in [3.05, 3.63) is 58.1 Å². The fraction of sp³-hybridized carbons (Fsp3) is 0.167. The molecule has 3 aromatic rings. The Morgan fingerprint density at radius 2 is 2.04 bits per heavy atom. The number of nitrogens with one attached hydrogen (secondary N) is 1. The maximum absolute atomic E-state index is 11.1. The third-order valence-electron chi connectivity index (χ3n) is 3.78. The number of carbonyl (C=O) groups excluding carboxylic acids is 1. The van der Waals surface area contributed by atoms with Crippen molar-refractivity contribution in [2.75, 3.05) is 0 Å². The Balaban J connectivity index is 1.92. The van der Waals surface area contributed by atoms with Crippen LogP contribution in [0.4, 0.5) is 0 Å². The Morgan fingerprint density at radius 1 is 1.25 bits per heavy atom. The number of primary amides is 1. The minimum atomic E-state index is -0.411. The highest BCUT2D eigenvalue weighted by molar-refractivity contribution is 6.35. The largest absolute Gasteiger partial charge is 0.455 e. The zero-order chi connectivity index (χ0) is 17.3. The number of halogens is 2. The van der Waals surface area contributed by atoms with Crippen molar-refractivity contribution in [1.82, 2.24) is 5.32 Å². The average Bonchev–Trinajstić information content (AvgIpc) is 2.97. The van der Waals surface area contributed by atoms with Crippen LogP contribution in [0.25, 0.3) is 22.3 Å². The number of furan rings is 1. The van der Waals surface area contributed by atoms with E-state index in [4.69, 9.17) is 33.4 Å². The van der Waals surface area contributed by atoms with Crippen LogP contribution in [0.2, 0.25) is 10.0 Å². The van der Waals surface area contributed by atoms with Gasteiger partial charge in [0.15, 0.2) is 5.58 Å². The molecule has 1 unspecified atom stereocenters. The molecular formula is C18H16Cl2N2O2. The number of nitrogens with two attached hydrogens (primary N) is 1. The second kappa shape index (κ2) is 6.85. The average molecular weight is 363 g/mol. The molecule has 1 atom stereocenters. The third-order valence-corrected chi connectivity index (χ3v) is 4.29. The summed E-state index contributed by atoms with van der Waals surface area (Å²) in [5, 5.41) is 5.11. The van der Waals surface area contributed by atoms with Crippen molar-refractivity contribution in [1.29, 1.82) is 0 Å². The molecule has 1 amide bonds. The zero-order valence-electron chi connectivity index (χ0n) is 13.0. The van der Waals surface area contributed by atoms with E-state index < -0.39 is 11.9 Å². The lowest BCUT2D eigenvalue weighted by Gasteiger charge is -2.10. The van der Waals surface area contributed by atoms with Crippen LogP contribution >= 0.6 is 23.2 Å². The highest BCUT2D eigenvalue weighted by atomic mass is 35.5. The monoisotopic (exact) mass is 362 g/mol. The molecule has 1 heterocycles. The summed E-state index contributed by atoms with van der Waals surface area (Å²) in [6.45, 7) is 2.20. The fourth-order valence-corrected chi connectivity index (χ4v) is 2.90. The molecule has 2 aromatic carbocycles. The predicted molar refractivity (Wildman–Crippen MR) is 97.2 cm³/mol. The molecule has 6 heteroatoms. The van der Waals surface area contributed by atoms with E-state index in [1.165, 1.54) is 0 Å². The summed E-state index contributed by atoms with van der Waals surface area (Å²) in [6.07, 6.45) is 0. The van der Waals surface area contributed by atoms with Gasteiger partial charge in [0.1, 0.15) is 5.76 Å². The molecule has 0 aliphatic heterocycles. The van der Waals surface area contributed by atoms with Crippen molar-refractivity contribution in [2.45, 2.75) is 19.5 Å². The van der Waals surface area contributed by atoms with Gasteiger partial charge in [-0.15, -0.1) is 0 Å². The van der Waals surface area contributed by atoms with Gasteiger partial charge in [-0.1, -0.05) is 35.3 Å². The van der Waals surface area contributed by atoms with Crippen LogP contribution in [0.1, 0.15) is 12.5 Å². The molecule has 0 spiro atoms. The van der Waals surface area contributed by atoms with E-state index in [1.54, 1.807) is 6.92 Å². The normalized spacial score (nSPS) is 12.5. The summed E-state index contributed by atoms with van der Waals surface area (Å²) in [5.74, 6) is 0.304. The number of amides is 1. The Hall–Kier alpha value is -2.01. The van der Waals surface area contributed by atoms with Crippen molar-refractivity contribution in [2.24, 2.45) is 5.73 Å². The summed E-state index contributed by atoms with van der Waals surface area (Å²) in [7, 11) is 0. The van der Waals surface area contributed by atoms with Crippen LogP contribution in [-0.2, 0) is 11.3 Å². The third kappa shape index (κ3) is 3.56. The molecule has 4 nitrogen and oxygen atoms in total. The lowest BCUT2D eigenvalue weighted by Crippen LogP contribution is -2.38. The molecule has 0 bridgehead atoms. The molecular weight excluding hydrogens is 347 g/mol. The van der Waals surface area contributed by atoms with Crippen molar-refractivity contribution >= 4 is 40.1 Å². The van der Waals surface area contributed by atoms with Gasteiger partial charge in [0, 0.05) is 22.5 Å². The quantitative estimate of drug-likeness (QED) is 0.707. The number of fused-ring (bicyclic) bond motifs is 1. The maximum Gasteiger partial charge on any atom is 0.234 e. The molecule has 0 aliphatic carbocycles. The number of benzene rings is 2. The summed E-state index contributed by atoms with van der Waals surface area (Å²) in [6, 6.07) is 12.7. The Bertz CT molecular complexity index is 905. The first kappa shape index (κ1) is 16.8. The molecule has 124 valence electrons. The van der Waals surface area contributed by atoms with Crippen LogP contribution in [-0.4, -0.2) is 11.9 Å². The fourth-order valence-electron chi connectivity index (χ4n) is 2.43. The van der Waals surface area contributed by atoms with Gasteiger partial charge in [-0.25, -0.2) is 0 Å². The first-order chi connectivity index (χ1) is 11.4. The van der Waals surface area contributed by atoms with E-state index in [2.05, 4.69) is 5.32 Å². The van der Waals surface area contributed by atoms with Crippen LogP contribution in [0.3, 0.4) is 0 Å². The minimum Gasteiger partial charge on any atom is -0.455 e. The van der Waals surface area contributed by atoms with E-state index in [1.807, 2.05) is 42.5 Å². The summed E-state index contributed by atoms with van der Waals surface area (Å²) in [5.41, 5.74) is 7.70. The van der Waals surface area contributed by atoms with Gasteiger partial charge in [-0.2, -0.15) is 0 Å². The van der Waals surface area contributed by atoms with Crippen LogP contribution in [0.15, 0.2) is 46.9 Å². The van der Waals surface area contributed by atoms with Gasteiger partial charge in [0.05, 0.1) is 11.1 Å². The highest BCUT2D eigenvalue weighted by Crippen LogP contribution is 2.34. The lowest BCUT2D eigenvalue weighted by molar-refractivity contribution is -0.119. The molecule has 0 saturated carbocycles. The number of hydrogen-bond acceptors (Lipinski definition) is 3. The second-order valence-corrected chi connectivity index (χ2v) is 6.47. The molecule has 0 saturated heterocycles. The molecule has 3 N–H and O–H groups in total. The number of hydrogen-bond donors (Lipinski definition) is 2. The van der Waals surface area contributed by atoms with Gasteiger partial charge >= 0.3 is 0 Å². The van der Waals surface area contributed by atoms with Crippen LogP contribution in [0.5, 0.6) is 0 Å². The Labute approximate surface area is 149 Å². The smallest absolute Gasteiger partial charge is 0.234 e. The maximum atomic E-state index is 11.1. The van der Waals surface area contributed by atoms with Crippen molar-refractivity contribution in [3.8, 4) is 11.3 Å². The van der Waals surface area contributed by atoms with E-state index in [0.29, 0.717) is 27.9 Å². The van der Waals surface area contributed by atoms with Crippen molar-refractivity contribution < 1.29 is 9.21 Å². The van der Waals surface area contributed by atoms with Crippen LogP contribution < -0.4 is 11.1 Å². The van der Waals surface area contributed by atoms with Gasteiger partial charge in [-0.05, 0) is 42.8 Å². The Kier molecular flexibility index (Phi) is 4.81. The van der Waals surface area contributed by atoms with Gasteiger partial charge in [0.2, 0.25) is 5.91 Å². The minimum absolute atomic E-state index is 0.395. The number of carbonyl (C=O) groups is 1. The molecule has 0 aliphatic rings. The summed E-state index contributed by atoms with van der Waals surface area (Å²) < 4.78 is 5.87. The predicted octanol–water partition coefficient (Wildman–Crippen LogP) is 4.37. The SMILES string of the molecule is CC(NCc1cc(Cl)c2oc(-c3cccc(Cl)c3)cc2c1)C(N)=O. The lowest BCUT2D eigenvalue weighted by atomic mass is 10.1. The molecule has 1 aromatic heterocycles. The first-order valence-electron chi connectivity index (χ1n) is 7.44. The van der Waals surface area contributed by atoms with E-state index in [-0.39, 0.29) is 0 Å². The second-order valence-electron chi connectivity index (χ2n) is 5.62. The van der Waals surface area contributed by atoms with Crippen LogP contribution in [0, 0.1) is 0 Å². The van der Waals surface area contributed by atoms with Gasteiger partial charge < -0.3 is 15.5 Å². The Morgan fingerprint density at radius 3 is 2.75 bits per heavy atom.